The minimum Gasteiger partial charge on any atom is -0.507 e. The summed E-state index contributed by atoms with van der Waals surface area (Å²) in [5.41, 5.74) is 1.48. The molecule has 3 unspecified atom stereocenters. The molecule has 1 saturated heterocycles. The van der Waals surface area contributed by atoms with E-state index in [1.165, 1.54) is 0 Å². The van der Waals surface area contributed by atoms with Crippen molar-refractivity contribution in [1.29, 1.82) is 0 Å². The molecule has 1 fully saturated rings. The van der Waals surface area contributed by atoms with Gasteiger partial charge in [0.25, 0.3) is 0 Å². The van der Waals surface area contributed by atoms with Gasteiger partial charge in [-0.3, -0.25) is 9.69 Å². The minimum atomic E-state index is -0.159. The van der Waals surface area contributed by atoms with Crippen molar-refractivity contribution in [3.8, 4) is 5.75 Å². The van der Waals surface area contributed by atoms with Crippen molar-refractivity contribution in [2.45, 2.75) is 65.6 Å². The Morgan fingerprint density at radius 1 is 1.32 bits per heavy atom. The molecule has 0 aliphatic carbocycles. The third-order valence-electron chi connectivity index (χ3n) is 5.40. The monoisotopic (exact) mass is 347 g/mol. The maximum absolute atomic E-state index is 12.8. The van der Waals surface area contributed by atoms with Crippen molar-refractivity contribution >= 4 is 5.78 Å². The number of aromatic hydroxyl groups is 1. The standard InChI is InChI=1S/C21H33NO3/c1-7-21(5,6)17-8-9-18(19(23)10-17)20(24)14(2)11-22-12-15(3)25-16(4)13-22/h8-10,14-16,23H,7,11-13H2,1-6H3. The van der Waals surface area contributed by atoms with E-state index in [9.17, 15) is 9.90 Å². The molecule has 0 amide bonds. The fraction of sp³-hybridized carbons (Fsp3) is 0.667. The van der Waals surface area contributed by atoms with Crippen LogP contribution in [0.4, 0.5) is 0 Å². The highest BCUT2D eigenvalue weighted by Crippen LogP contribution is 2.31. The summed E-state index contributed by atoms with van der Waals surface area (Å²) in [4.78, 5) is 15.1. The fourth-order valence-electron chi connectivity index (χ4n) is 3.53. The number of Topliss-reactive ketones (excluding diaryl/α,β-unsaturated/α-hetero) is 1. The van der Waals surface area contributed by atoms with Crippen LogP contribution in [0.2, 0.25) is 0 Å². The number of ether oxygens (including phenoxy) is 1. The summed E-state index contributed by atoms with van der Waals surface area (Å²) in [5.74, 6) is -0.0572. The van der Waals surface area contributed by atoms with Crippen LogP contribution in [0.1, 0.15) is 63.9 Å². The third kappa shape index (κ3) is 4.83. The van der Waals surface area contributed by atoms with Gasteiger partial charge >= 0.3 is 0 Å². The zero-order chi connectivity index (χ0) is 18.8. The maximum atomic E-state index is 12.8. The fourth-order valence-corrected chi connectivity index (χ4v) is 3.53. The number of carbonyl (C=O) groups is 1. The number of carbonyl (C=O) groups excluding carboxylic acids is 1. The molecule has 1 aliphatic rings. The smallest absolute Gasteiger partial charge is 0.170 e. The van der Waals surface area contributed by atoms with Crippen molar-refractivity contribution in [2.24, 2.45) is 5.92 Å². The highest BCUT2D eigenvalue weighted by atomic mass is 16.5. The lowest BCUT2D eigenvalue weighted by Crippen LogP contribution is -2.47. The number of morpholine rings is 1. The molecule has 0 spiro atoms. The number of hydrogen-bond acceptors (Lipinski definition) is 4. The summed E-state index contributed by atoms with van der Waals surface area (Å²) in [6.45, 7) is 14.9. The predicted octanol–water partition coefficient (Wildman–Crippen LogP) is 4.01. The van der Waals surface area contributed by atoms with Crippen LogP contribution in [-0.4, -0.2) is 47.6 Å². The molecule has 0 saturated carbocycles. The van der Waals surface area contributed by atoms with E-state index in [-0.39, 0.29) is 35.1 Å². The van der Waals surface area contributed by atoms with Gasteiger partial charge in [0.05, 0.1) is 17.8 Å². The van der Waals surface area contributed by atoms with E-state index < -0.39 is 0 Å². The Balaban J connectivity index is 2.09. The molecule has 1 N–H and O–H groups in total. The van der Waals surface area contributed by atoms with Crippen LogP contribution in [0.5, 0.6) is 5.75 Å². The van der Waals surface area contributed by atoms with E-state index in [4.69, 9.17) is 4.74 Å². The van der Waals surface area contributed by atoms with Gasteiger partial charge in [-0.05, 0) is 43.4 Å². The van der Waals surface area contributed by atoms with E-state index >= 15 is 0 Å². The van der Waals surface area contributed by atoms with Crippen LogP contribution in [-0.2, 0) is 10.2 Å². The number of phenolic OH excluding ortho intramolecular Hbond substituents is 1. The zero-order valence-electron chi connectivity index (χ0n) is 16.5. The summed E-state index contributed by atoms with van der Waals surface area (Å²) in [7, 11) is 0. The van der Waals surface area contributed by atoms with Gasteiger partial charge in [0.15, 0.2) is 5.78 Å². The molecule has 1 aliphatic heterocycles. The Hall–Kier alpha value is -1.39. The lowest BCUT2D eigenvalue weighted by molar-refractivity contribution is -0.0700. The summed E-state index contributed by atoms with van der Waals surface area (Å²) < 4.78 is 5.75. The number of benzene rings is 1. The van der Waals surface area contributed by atoms with Crippen LogP contribution in [0.3, 0.4) is 0 Å². The largest absolute Gasteiger partial charge is 0.507 e. The van der Waals surface area contributed by atoms with Crippen LogP contribution in [0, 0.1) is 5.92 Å². The van der Waals surface area contributed by atoms with Gasteiger partial charge in [-0.15, -0.1) is 0 Å². The van der Waals surface area contributed by atoms with Crippen LogP contribution in [0.15, 0.2) is 18.2 Å². The van der Waals surface area contributed by atoms with Crippen molar-refractivity contribution in [2.75, 3.05) is 19.6 Å². The quantitative estimate of drug-likeness (QED) is 0.790. The van der Waals surface area contributed by atoms with Crippen molar-refractivity contribution < 1.29 is 14.6 Å². The van der Waals surface area contributed by atoms with Gasteiger partial charge in [0, 0.05) is 25.6 Å². The van der Waals surface area contributed by atoms with Crippen molar-refractivity contribution in [1.82, 2.24) is 4.90 Å². The van der Waals surface area contributed by atoms with Crippen LogP contribution in [0.25, 0.3) is 0 Å². The molecule has 0 aromatic heterocycles. The molecule has 25 heavy (non-hydrogen) atoms. The Labute approximate surface area is 152 Å². The number of phenols is 1. The average Bonchev–Trinajstić information content (AvgIpc) is 2.53. The van der Waals surface area contributed by atoms with Crippen molar-refractivity contribution in [3.05, 3.63) is 29.3 Å². The van der Waals surface area contributed by atoms with Gasteiger partial charge in [-0.1, -0.05) is 33.8 Å². The normalized spacial score (nSPS) is 23.4. The Morgan fingerprint density at radius 3 is 2.44 bits per heavy atom. The van der Waals surface area contributed by atoms with E-state index in [1.54, 1.807) is 12.1 Å². The lowest BCUT2D eigenvalue weighted by Gasteiger charge is -2.36. The Kier molecular flexibility index (Phi) is 6.28. The second kappa shape index (κ2) is 7.88. The molecule has 1 aromatic carbocycles. The molecule has 1 aromatic rings. The van der Waals surface area contributed by atoms with E-state index in [0.29, 0.717) is 12.1 Å². The van der Waals surface area contributed by atoms with Gasteiger partial charge in [0.1, 0.15) is 5.75 Å². The highest BCUT2D eigenvalue weighted by Gasteiger charge is 2.27. The third-order valence-corrected chi connectivity index (χ3v) is 5.40. The van der Waals surface area contributed by atoms with E-state index in [2.05, 4.69) is 39.5 Å². The average molecular weight is 347 g/mol. The van der Waals surface area contributed by atoms with Crippen molar-refractivity contribution in [3.63, 3.8) is 0 Å². The molecule has 2 rings (SSSR count). The first-order valence-electron chi connectivity index (χ1n) is 9.39. The SMILES string of the molecule is CCC(C)(C)c1ccc(C(=O)C(C)CN2CC(C)OC(C)C2)c(O)c1. The number of nitrogens with zero attached hydrogens (tertiary/aromatic N) is 1. The molecule has 4 nitrogen and oxygen atoms in total. The Morgan fingerprint density at radius 2 is 1.92 bits per heavy atom. The topological polar surface area (TPSA) is 49.8 Å². The predicted molar refractivity (Wildman–Crippen MR) is 101 cm³/mol. The summed E-state index contributed by atoms with van der Waals surface area (Å²) in [6, 6.07) is 5.51. The second-order valence-corrected chi connectivity index (χ2v) is 8.21. The second-order valence-electron chi connectivity index (χ2n) is 8.21. The molecule has 4 heteroatoms. The maximum Gasteiger partial charge on any atom is 0.170 e. The summed E-state index contributed by atoms with van der Waals surface area (Å²) in [6.07, 6.45) is 1.36. The molecule has 0 radical (unpaired) electrons. The Bertz CT molecular complexity index is 601. The molecule has 3 atom stereocenters. The van der Waals surface area contributed by atoms with E-state index in [1.807, 2.05) is 13.0 Å². The zero-order valence-corrected chi connectivity index (χ0v) is 16.5. The van der Waals surface area contributed by atoms with Gasteiger partial charge in [0.2, 0.25) is 0 Å². The van der Waals surface area contributed by atoms with Gasteiger partial charge in [-0.2, -0.15) is 0 Å². The summed E-state index contributed by atoms with van der Waals surface area (Å²) >= 11 is 0. The molecule has 1 heterocycles. The number of rotatable bonds is 6. The summed E-state index contributed by atoms with van der Waals surface area (Å²) in [5, 5.41) is 10.4. The molecular formula is C21H33NO3. The minimum absolute atomic E-state index is 0.00477. The van der Waals surface area contributed by atoms with Crippen LogP contribution >= 0.6 is 0 Å². The van der Waals surface area contributed by atoms with Gasteiger partial charge < -0.3 is 9.84 Å². The molecule has 0 bridgehead atoms. The lowest BCUT2D eigenvalue weighted by atomic mass is 9.81. The first-order chi connectivity index (χ1) is 11.6. The number of ketones is 1. The first kappa shape index (κ1) is 19.9. The van der Waals surface area contributed by atoms with Crippen LogP contribution < -0.4 is 0 Å². The molecular weight excluding hydrogens is 314 g/mol. The number of hydrogen-bond donors (Lipinski definition) is 1. The highest BCUT2D eigenvalue weighted by molar-refractivity contribution is 6.00. The molecule has 140 valence electrons. The van der Waals surface area contributed by atoms with Gasteiger partial charge in [-0.25, -0.2) is 0 Å². The first-order valence-corrected chi connectivity index (χ1v) is 9.39. The van der Waals surface area contributed by atoms with E-state index in [0.717, 1.165) is 25.1 Å².